The van der Waals surface area contributed by atoms with Crippen LogP contribution < -0.4 is 4.74 Å². The first-order valence-electron chi connectivity index (χ1n) is 5.55. The van der Waals surface area contributed by atoms with Crippen LogP contribution in [-0.4, -0.2) is 17.1 Å². The summed E-state index contributed by atoms with van der Waals surface area (Å²) in [6, 6.07) is 8.27. The zero-order valence-corrected chi connectivity index (χ0v) is 9.77. The Morgan fingerprint density at radius 1 is 1.28 bits per heavy atom. The number of hydrogen-bond donors (Lipinski definition) is 1. The maximum Gasteiger partial charge on any atom is 0.145 e. The summed E-state index contributed by atoms with van der Waals surface area (Å²) in [4.78, 5) is 7.41. The van der Waals surface area contributed by atoms with Crippen LogP contribution in [0.2, 0.25) is 0 Å². The topological polar surface area (TPSA) is 37.9 Å². The average Bonchev–Trinajstić information content (AvgIpc) is 2.81. The Balaban J connectivity index is 2.28. The number of pyridine rings is 1. The summed E-state index contributed by atoms with van der Waals surface area (Å²) < 4.78 is 18.6. The molecular formula is C14H11FN2O. The van der Waals surface area contributed by atoms with Crippen LogP contribution in [0.15, 0.2) is 42.7 Å². The van der Waals surface area contributed by atoms with Gasteiger partial charge in [-0.15, -0.1) is 0 Å². The summed E-state index contributed by atoms with van der Waals surface area (Å²) in [5, 5.41) is 0.798. The van der Waals surface area contributed by atoms with E-state index in [4.69, 9.17) is 4.74 Å². The van der Waals surface area contributed by atoms with Crippen molar-refractivity contribution in [2.75, 3.05) is 7.11 Å². The summed E-state index contributed by atoms with van der Waals surface area (Å²) in [5.74, 6) is 0.404. The molecule has 0 radical (unpaired) electrons. The van der Waals surface area contributed by atoms with Crippen molar-refractivity contribution >= 4 is 10.9 Å². The lowest BCUT2D eigenvalue weighted by atomic mass is 10.1. The molecule has 0 aliphatic carbocycles. The van der Waals surface area contributed by atoms with Gasteiger partial charge in [-0.3, -0.25) is 4.98 Å². The minimum atomic E-state index is -0.266. The molecule has 0 saturated heterocycles. The molecule has 0 amide bonds. The SMILES string of the molecule is COc1cccnc1-c1c[nH]c2ccc(F)cc12. The van der Waals surface area contributed by atoms with E-state index in [0.29, 0.717) is 11.4 Å². The Morgan fingerprint density at radius 3 is 3.00 bits per heavy atom. The number of benzene rings is 1. The molecule has 1 aromatic carbocycles. The van der Waals surface area contributed by atoms with Crippen molar-refractivity contribution in [1.82, 2.24) is 9.97 Å². The zero-order chi connectivity index (χ0) is 12.5. The first-order valence-corrected chi connectivity index (χ1v) is 5.55. The first kappa shape index (κ1) is 10.8. The van der Waals surface area contributed by atoms with Gasteiger partial charge >= 0.3 is 0 Å². The van der Waals surface area contributed by atoms with Crippen LogP contribution in [-0.2, 0) is 0 Å². The van der Waals surface area contributed by atoms with E-state index in [9.17, 15) is 4.39 Å². The Kier molecular flexibility index (Phi) is 2.48. The number of rotatable bonds is 2. The van der Waals surface area contributed by atoms with Crippen molar-refractivity contribution in [2.24, 2.45) is 0 Å². The van der Waals surface area contributed by atoms with Gasteiger partial charge < -0.3 is 9.72 Å². The second kappa shape index (κ2) is 4.14. The van der Waals surface area contributed by atoms with E-state index in [1.165, 1.54) is 12.1 Å². The first-order chi connectivity index (χ1) is 8.79. The number of halogens is 1. The summed E-state index contributed by atoms with van der Waals surface area (Å²) in [5.41, 5.74) is 2.41. The fourth-order valence-corrected chi connectivity index (χ4v) is 2.05. The van der Waals surface area contributed by atoms with E-state index in [2.05, 4.69) is 9.97 Å². The third kappa shape index (κ3) is 1.62. The van der Waals surface area contributed by atoms with Crippen molar-refractivity contribution in [3.05, 3.63) is 48.5 Å². The van der Waals surface area contributed by atoms with Crippen LogP contribution >= 0.6 is 0 Å². The van der Waals surface area contributed by atoms with Crippen LogP contribution in [0.3, 0.4) is 0 Å². The van der Waals surface area contributed by atoms with Gasteiger partial charge in [-0.1, -0.05) is 0 Å². The highest BCUT2D eigenvalue weighted by Crippen LogP contribution is 2.33. The van der Waals surface area contributed by atoms with Crippen LogP contribution in [0.4, 0.5) is 4.39 Å². The van der Waals surface area contributed by atoms with Gasteiger partial charge in [0.1, 0.15) is 17.3 Å². The lowest BCUT2D eigenvalue weighted by molar-refractivity contribution is 0.415. The smallest absolute Gasteiger partial charge is 0.145 e. The van der Waals surface area contributed by atoms with Crippen molar-refractivity contribution in [3.8, 4) is 17.0 Å². The fraction of sp³-hybridized carbons (Fsp3) is 0.0714. The molecule has 90 valence electrons. The number of nitrogens with one attached hydrogen (secondary N) is 1. The molecule has 0 unspecified atom stereocenters. The van der Waals surface area contributed by atoms with E-state index in [0.717, 1.165) is 16.5 Å². The molecule has 2 heterocycles. The molecule has 0 spiro atoms. The number of aromatic nitrogens is 2. The molecule has 0 atom stereocenters. The van der Waals surface area contributed by atoms with E-state index in [1.54, 1.807) is 25.4 Å². The normalized spacial score (nSPS) is 10.8. The van der Waals surface area contributed by atoms with E-state index >= 15 is 0 Å². The largest absolute Gasteiger partial charge is 0.494 e. The molecule has 0 aliphatic heterocycles. The molecule has 3 nitrogen and oxygen atoms in total. The molecular weight excluding hydrogens is 231 g/mol. The Hall–Kier alpha value is -2.36. The third-order valence-electron chi connectivity index (χ3n) is 2.89. The number of hydrogen-bond acceptors (Lipinski definition) is 2. The summed E-state index contributed by atoms with van der Waals surface area (Å²) in [6.45, 7) is 0. The Bertz CT molecular complexity index is 706. The standard InChI is InChI=1S/C14H11FN2O/c1-18-13-3-2-6-16-14(13)11-8-17-12-5-4-9(15)7-10(11)12/h2-8,17H,1H3. The molecule has 0 bridgehead atoms. The maximum absolute atomic E-state index is 13.3. The molecule has 18 heavy (non-hydrogen) atoms. The predicted molar refractivity (Wildman–Crippen MR) is 68.0 cm³/mol. The van der Waals surface area contributed by atoms with Gasteiger partial charge in [-0.2, -0.15) is 0 Å². The molecule has 0 saturated carbocycles. The second-order valence-electron chi connectivity index (χ2n) is 3.95. The second-order valence-corrected chi connectivity index (χ2v) is 3.95. The van der Waals surface area contributed by atoms with Crippen LogP contribution in [0, 0.1) is 5.82 Å². The third-order valence-corrected chi connectivity index (χ3v) is 2.89. The molecule has 2 aromatic heterocycles. The summed E-state index contributed by atoms with van der Waals surface area (Å²) >= 11 is 0. The number of fused-ring (bicyclic) bond motifs is 1. The van der Waals surface area contributed by atoms with Crippen molar-refractivity contribution in [3.63, 3.8) is 0 Å². The van der Waals surface area contributed by atoms with E-state index in [1.807, 2.05) is 12.3 Å². The molecule has 0 aliphatic rings. The van der Waals surface area contributed by atoms with Gasteiger partial charge in [0, 0.05) is 28.9 Å². The Labute approximate surface area is 103 Å². The molecule has 0 fully saturated rings. The molecule has 3 rings (SSSR count). The van der Waals surface area contributed by atoms with E-state index in [-0.39, 0.29) is 5.82 Å². The predicted octanol–water partition coefficient (Wildman–Crippen LogP) is 3.38. The van der Waals surface area contributed by atoms with Crippen LogP contribution in [0.1, 0.15) is 0 Å². The van der Waals surface area contributed by atoms with Gasteiger partial charge in [0.15, 0.2) is 0 Å². The number of methoxy groups -OCH3 is 1. The van der Waals surface area contributed by atoms with Crippen LogP contribution in [0.5, 0.6) is 5.75 Å². The molecule has 3 aromatic rings. The quantitative estimate of drug-likeness (QED) is 0.748. The Morgan fingerprint density at radius 2 is 2.17 bits per heavy atom. The highest BCUT2D eigenvalue weighted by Gasteiger charge is 2.12. The van der Waals surface area contributed by atoms with Gasteiger partial charge in [0.05, 0.1) is 7.11 Å². The summed E-state index contributed by atoms with van der Waals surface area (Å²) in [7, 11) is 1.59. The zero-order valence-electron chi connectivity index (χ0n) is 9.77. The number of aromatic amines is 1. The lowest BCUT2D eigenvalue weighted by Gasteiger charge is -2.05. The minimum absolute atomic E-state index is 0.266. The monoisotopic (exact) mass is 242 g/mol. The van der Waals surface area contributed by atoms with Gasteiger partial charge in [-0.05, 0) is 30.3 Å². The highest BCUT2D eigenvalue weighted by molar-refractivity contribution is 5.95. The minimum Gasteiger partial charge on any atom is -0.494 e. The van der Waals surface area contributed by atoms with Gasteiger partial charge in [0.2, 0.25) is 0 Å². The van der Waals surface area contributed by atoms with Crippen molar-refractivity contribution in [1.29, 1.82) is 0 Å². The van der Waals surface area contributed by atoms with Crippen molar-refractivity contribution in [2.45, 2.75) is 0 Å². The highest BCUT2D eigenvalue weighted by atomic mass is 19.1. The van der Waals surface area contributed by atoms with E-state index < -0.39 is 0 Å². The maximum atomic E-state index is 13.3. The summed E-state index contributed by atoms with van der Waals surface area (Å²) in [6.07, 6.45) is 3.50. The van der Waals surface area contributed by atoms with Crippen molar-refractivity contribution < 1.29 is 9.13 Å². The molecule has 4 heteroatoms. The van der Waals surface area contributed by atoms with Gasteiger partial charge in [0.25, 0.3) is 0 Å². The average molecular weight is 242 g/mol. The van der Waals surface area contributed by atoms with Gasteiger partial charge in [-0.25, -0.2) is 4.39 Å². The lowest BCUT2D eigenvalue weighted by Crippen LogP contribution is -1.89. The number of H-pyrrole nitrogens is 1. The number of ether oxygens (including phenoxy) is 1. The van der Waals surface area contributed by atoms with Crippen LogP contribution in [0.25, 0.3) is 22.2 Å². The number of nitrogens with zero attached hydrogens (tertiary/aromatic N) is 1. The fourth-order valence-electron chi connectivity index (χ4n) is 2.05. The molecule has 1 N–H and O–H groups in total.